The summed E-state index contributed by atoms with van der Waals surface area (Å²) in [6, 6.07) is 0. The zero-order valence-corrected chi connectivity index (χ0v) is 9.97. The van der Waals surface area contributed by atoms with Gasteiger partial charge in [-0.3, -0.25) is 4.79 Å². The highest BCUT2D eigenvalue weighted by atomic mass is 16.2. The molecule has 1 heterocycles. The minimum Gasteiger partial charge on any atom is -0.343 e. The number of likely N-dealkylation sites (tertiary alicyclic amines) is 1. The number of piperidine rings is 1. The summed E-state index contributed by atoms with van der Waals surface area (Å²) in [6.07, 6.45) is 3.60. The van der Waals surface area contributed by atoms with Gasteiger partial charge in [-0.05, 0) is 24.2 Å². The zero-order chi connectivity index (χ0) is 10.8. The number of rotatable bonds is 2. The first-order valence-electron chi connectivity index (χ1n) is 5.73. The smallest absolute Gasteiger partial charge is 0.219 e. The molecular weight excluding hydrogens is 174 g/mol. The molecular formula is C12H23NO. The lowest BCUT2D eigenvalue weighted by molar-refractivity contribution is -0.130. The lowest BCUT2D eigenvalue weighted by Gasteiger charge is -2.40. The second-order valence-corrected chi connectivity index (χ2v) is 5.12. The van der Waals surface area contributed by atoms with E-state index in [4.69, 9.17) is 0 Å². The van der Waals surface area contributed by atoms with Crippen LogP contribution in [0.3, 0.4) is 0 Å². The second-order valence-electron chi connectivity index (χ2n) is 5.12. The van der Waals surface area contributed by atoms with Gasteiger partial charge >= 0.3 is 0 Å². The van der Waals surface area contributed by atoms with Crippen molar-refractivity contribution in [1.82, 2.24) is 4.90 Å². The van der Waals surface area contributed by atoms with Crippen molar-refractivity contribution in [2.24, 2.45) is 11.3 Å². The van der Waals surface area contributed by atoms with Crippen molar-refractivity contribution >= 4 is 5.91 Å². The molecule has 0 saturated carbocycles. The molecule has 0 N–H and O–H groups in total. The van der Waals surface area contributed by atoms with Crippen molar-refractivity contribution in [3.05, 3.63) is 0 Å². The maximum atomic E-state index is 11.2. The van der Waals surface area contributed by atoms with E-state index in [0.29, 0.717) is 5.41 Å². The highest BCUT2D eigenvalue weighted by Gasteiger charge is 2.31. The third kappa shape index (κ3) is 2.49. The van der Waals surface area contributed by atoms with Gasteiger partial charge in [0, 0.05) is 20.0 Å². The molecule has 2 heteroatoms. The molecule has 0 unspecified atom stereocenters. The maximum absolute atomic E-state index is 11.2. The van der Waals surface area contributed by atoms with E-state index in [1.54, 1.807) is 6.92 Å². The summed E-state index contributed by atoms with van der Waals surface area (Å²) in [7, 11) is 0. The van der Waals surface area contributed by atoms with Crippen LogP contribution in [0.5, 0.6) is 0 Å². The molecule has 14 heavy (non-hydrogen) atoms. The highest BCUT2D eigenvalue weighted by Crippen LogP contribution is 2.37. The van der Waals surface area contributed by atoms with E-state index in [2.05, 4.69) is 20.8 Å². The molecule has 0 bridgehead atoms. The number of hydrogen-bond donors (Lipinski definition) is 0. The molecule has 0 aromatic heterocycles. The van der Waals surface area contributed by atoms with Gasteiger partial charge < -0.3 is 4.90 Å². The normalized spacial score (nSPS) is 19.9. The molecule has 82 valence electrons. The number of hydrogen-bond acceptors (Lipinski definition) is 1. The predicted molar refractivity (Wildman–Crippen MR) is 59.1 cm³/mol. The number of carbonyl (C=O) groups is 1. The third-order valence-electron chi connectivity index (χ3n) is 3.96. The first-order valence-corrected chi connectivity index (χ1v) is 5.73. The Morgan fingerprint density at radius 3 is 2.21 bits per heavy atom. The SMILES string of the molecule is CCC(C)(C)C1CCN(C(C)=O)CC1. The molecule has 0 atom stereocenters. The standard InChI is InChI=1S/C12H23NO/c1-5-12(3,4)11-6-8-13(9-7-11)10(2)14/h11H,5-9H2,1-4H3. The topological polar surface area (TPSA) is 20.3 Å². The minimum absolute atomic E-state index is 0.234. The molecule has 1 aliphatic heterocycles. The number of nitrogens with zero attached hydrogens (tertiary/aromatic N) is 1. The Labute approximate surface area is 87.7 Å². The average molecular weight is 197 g/mol. The molecule has 2 nitrogen and oxygen atoms in total. The first-order chi connectivity index (χ1) is 6.47. The Bertz CT molecular complexity index is 202. The summed E-state index contributed by atoms with van der Waals surface area (Å²) < 4.78 is 0. The van der Waals surface area contributed by atoms with Gasteiger partial charge in [0.15, 0.2) is 0 Å². The van der Waals surface area contributed by atoms with Crippen LogP contribution >= 0.6 is 0 Å². The van der Waals surface area contributed by atoms with Gasteiger partial charge in [0.2, 0.25) is 5.91 Å². The molecule has 1 amide bonds. The van der Waals surface area contributed by atoms with Gasteiger partial charge in [-0.2, -0.15) is 0 Å². The van der Waals surface area contributed by atoms with Crippen LogP contribution in [0.4, 0.5) is 0 Å². The van der Waals surface area contributed by atoms with Crippen molar-refractivity contribution < 1.29 is 4.79 Å². The molecule has 0 radical (unpaired) electrons. The quantitative estimate of drug-likeness (QED) is 0.666. The minimum atomic E-state index is 0.234. The average Bonchev–Trinajstić information content (AvgIpc) is 2.18. The molecule has 1 rings (SSSR count). The van der Waals surface area contributed by atoms with E-state index in [1.807, 2.05) is 4.90 Å². The van der Waals surface area contributed by atoms with Crippen LogP contribution in [0.15, 0.2) is 0 Å². The fourth-order valence-corrected chi connectivity index (χ4v) is 2.26. The Morgan fingerprint density at radius 1 is 1.36 bits per heavy atom. The summed E-state index contributed by atoms with van der Waals surface area (Å²) in [5, 5.41) is 0. The van der Waals surface area contributed by atoms with E-state index in [-0.39, 0.29) is 5.91 Å². The first kappa shape index (κ1) is 11.5. The van der Waals surface area contributed by atoms with Crippen molar-refractivity contribution in [2.75, 3.05) is 13.1 Å². The molecule has 0 aromatic carbocycles. The summed E-state index contributed by atoms with van der Waals surface area (Å²) in [5.41, 5.74) is 0.447. The number of carbonyl (C=O) groups excluding carboxylic acids is 1. The van der Waals surface area contributed by atoms with Crippen molar-refractivity contribution in [2.45, 2.75) is 47.0 Å². The van der Waals surface area contributed by atoms with Crippen molar-refractivity contribution in [1.29, 1.82) is 0 Å². The van der Waals surface area contributed by atoms with Gasteiger partial charge in [-0.1, -0.05) is 27.2 Å². The molecule has 1 aliphatic rings. The van der Waals surface area contributed by atoms with E-state index < -0.39 is 0 Å². The van der Waals surface area contributed by atoms with Crippen LogP contribution in [-0.4, -0.2) is 23.9 Å². The van der Waals surface area contributed by atoms with Gasteiger partial charge in [0.05, 0.1) is 0 Å². The van der Waals surface area contributed by atoms with Crippen LogP contribution in [0.25, 0.3) is 0 Å². The molecule has 1 fully saturated rings. The fraction of sp³-hybridized carbons (Fsp3) is 0.917. The van der Waals surface area contributed by atoms with Crippen LogP contribution < -0.4 is 0 Å². The Kier molecular flexibility index (Phi) is 3.57. The van der Waals surface area contributed by atoms with Gasteiger partial charge in [0.1, 0.15) is 0 Å². The molecule has 0 spiro atoms. The summed E-state index contributed by atoms with van der Waals surface area (Å²) in [4.78, 5) is 13.1. The monoisotopic (exact) mass is 197 g/mol. The number of amides is 1. The molecule has 0 aliphatic carbocycles. The summed E-state index contributed by atoms with van der Waals surface area (Å²) in [6.45, 7) is 10.6. The van der Waals surface area contributed by atoms with Crippen LogP contribution in [0.1, 0.15) is 47.0 Å². The van der Waals surface area contributed by atoms with E-state index in [1.165, 1.54) is 19.3 Å². The van der Waals surface area contributed by atoms with Gasteiger partial charge in [-0.15, -0.1) is 0 Å². The lowest BCUT2D eigenvalue weighted by Crippen LogP contribution is -2.40. The predicted octanol–water partition coefficient (Wildman–Crippen LogP) is 2.68. The van der Waals surface area contributed by atoms with Crippen LogP contribution in [0.2, 0.25) is 0 Å². The Balaban J connectivity index is 2.47. The lowest BCUT2D eigenvalue weighted by atomic mass is 9.72. The molecule has 0 aromatic rings. The largest absolute Gasteiger partial charge is 0.343 e. The van der Waals surface area contributed by atoms with Crippen molar-refractivity contribution in [3.8, 4) is 0 Å². The fourth-order valence-electron chi connectivity index (χ4n) is 2.26. The molecule has 1 saturated heterocycles. The van der Waals surface area contributed by atoms with E-state index in [0.717, 1.165) is 19.0 Å². The van der Waals surface area contributed by atoms with Gasteiger partial charge in [-0.25, -0.2) is 0 Å². The van der Waals surface area contributed by atoms with Crippen LogP contribution in [-0.2, 0) is 4.79 Å². The van der Waals surface area contributed by atoms with E-state index in [9.17, 15) is 4.79 Å². The highest BCUT2D eigenvalue weighted by molar-refractivity contribution is 5.73. The van der Waals surface area contributed by atoms with Crippen LogP contribution in [0, 0.1) is 11.3 Å². The zero-order valence-electron chi connectivity index (χ0n) is 9.97. The van der Waals surface area contributed by atoms with Crippen molar-refractivity contribution in [3.63, 3.8) is 0 Å². The summed E-state index contributed by atoms with van der Waals surface area (Å²) in [5.74, 6) is 1.03. The summed E-state index contributed by atoms with van der Waals surface area (Å²) >= 11 is 0. The Hall–Kier alpha value is -0.530. The maximum Gasteiger partial charge on any atom is 0.219 e. The van der Waals surface area contributed by atoms with E-state index >= 15 is 0 Å². The Morgan fingerprint density at radius 2 is 1.86 bits per heavy atom. The second kappa shape index (κ2) is 4.33. The third-order valence-corrected chi connectivity index (χ3v) is 3.96. The van der Waals surface area contributed by atoms with Gasteiger partial charge in [0.25, 0.3) is 0 Å².